The number of amides is 4. The maximum Gasteiger partial charge on any atom is 0.325 e. The number of nitrogens with zero attached hydrogens (tertiary/aromatic N) is 1. The molecule has 28 heavy (non-hydrogen) atoms. The normalized spacial score (nSPS) is 19.0. The quantitative estimate of drug-likeness (QED) is 0.759. The van der Waals surface area contributed by atoms with E-state index in [-0.39, 0.29) is 16.3 Å². The smallest absolute Gasteiger partial charge is 0.324 e. The predicted molar refractivity (Wildman–Crippen MR) is 94.0 cm³/mol. The van der Waals surface area contributed by atoms with Crippen LogP contribution in [0.1, 0.15) is 12.5 Å². The van der Waals surface area contributed by atoms with E-state index in [4.69, 9.17) is 11.6 Å². The molecule has 1 unspecified atom stereocenters. The minimum Gasteiger partial charge on any atom is -0.324 e. The zero-order valence-corrected chi connectivity index (χ0v) is 15.1. The minimum absolute atomic E-state index is 0.0716. The molecule has 0 bridgehead atoms. The molecule has 1 heterocycles. The molecule has 2 aromatic carbocycles. The molecule has 1 aliphatic rings. The van der Waals surface area contributed by atoms with E-state index in [2.05, 4.69) is 10.6 Å². The molecule has 0 saturated carbocycles. The Labute approximate surface area is 162 Å². The third-order valence-corrected chi connectivity index (χ3v) is 4.51. The van der Waals surface area contributed by atoms with Crippen LogP contribution in [0.3, 0.4) is 0 Å². The molecular weight excluding hydrogens is 399 g/mol. The molecule has 0 aromatic heterocycles. The van der Waals surface area contributed by atoms with Gasteiger partial charge >= 0.3 is 6.03 Å². The molecule has 1 aliphatic heterocycles. The summed E-state index contributed by atoms with van der Waals surface area (Å²) in [6.45, 7) is 0.670. The molecule has 3 rings (SSSR count). The van der Waals surface area contributed by atoms with Crippen LogP contribution < -0.4 is 10.6 Å². The van der Waals surface area contributed by atoms with Crippen molar-refractivity contribution in [3.05, 3.63) is 64.4 Å². The van der Waals surface area contributed by atoms with E-state index in [0.29, 0.717) is 11.0 Å². The topological polar surface area (TPSA) is 78.5 Å². The highest BCUT2D eigenvalue weighted by atomic mass is 35.5. The molecule has 4 amide bonds. The number of anilines is 1. The Morgan fingerprint density at radius 2 is 1.75 bits per heavy atom. The van der Waals surface area contributed by atoms with Crippen LogP contribution in [-0.2, 0) is 15.1 Å². The molecular formula is C18H13ClF3N3O3. The summed E-state index contributed by atoms with van der Waals surface area (Å²) in [5, 5.41) is 4.56. The van der Waals surface area contributed by atoms with Crippen LogP contribution in [0.2, 0.25) is 5.02 Å². The van der Waals surface area contributed by atoms with Crippen molar-refractivity contribution in [2.45, 2.75) is 12.5 Å². The lowest BCUT2D eigenvalue weighted by atomic mass is 9.92. The summed E-state index contributed by atoms with van der Waals surface area (Å²) in [6.07, 6.45) is 0. The fraction of sp³-hybridized carbons (Fsp3) is 0.167. The molecule has 146 valence electrons. The summed E-state index contributed by atoms with van der Waals surface area (Å²) in [5.41, 5.74) is -1.62. The predicted octanol–water partition coefficient (Wildman–Crippen LogP) is 3.16. The van der Waals surface area contributed by atoms with Crippen molar-refractivity contribution in [3.63, 3.8) is 0 Å². The molecule has 0 radical (unpaired) electrons. The molecule has 2 aromatic rings. The summed E-state index contributed by atoms with van der Waals surface area (Å²) in [6, 6.07) is 4.87. The van der Waals surface area contributed by atoms with Gasteiger partial charge in [-0.2, -0.15) is 0 Å². The fourth-order valence-electron chi connectivity index (χ4n) is 2.89. The lowest BCUT2D eigenvalue weighted by Crippen LogP contribution is -2.42. The molecule has 6 nitrogen and oxygen atoms in total. The van der Waals surface area contributed by atoms with Gasteiger partial charge in [-0.3, -0.25) is 14.5 Å². The zero-order chi connectivity index (χ0) is 20.6. The highest BCUT2D eigenvalue weighted by Crippen LogP contribution is 2.33. The van der Waals surface area contributed by atoms with Crippen molar-refractivity contribution in [2.75, 3.05) is 11.9 Å². The van der Waals surface area contributed by atoms with Gasteiger partial charge in [0.2, 0.25) is 5.91 Å². The van der Waals surface area contributed by atoms with Crippen molar-refractivity contribution in [3.8, 4) is 0 Å². The highest BCUT2D eigenvalue weighted by molar-refractivity contribution is 6.32. The number of hydrogen-bond acceptors (Lipinski definition) is 3. The number of hydrogen-bond donors (Lipinski definition) is 2. The molecule has 0 spiro atoms. The molecule has 0 aliphatic carbocycles. The van der Waals surface area contributed by atoms with Gasteiger partial charge < -0.3 is 10.6 Å². The number of carbonyl (C=O) groups is 3. The van der Waals surface area contributed by atoms with Crippen LogP contribution in [0.5, 0.6) is 0 Å². The van der Waals surface area contributed by atoms with Gasteiger partial charge in [0, 0.05) is 22.3 Å². The Bertz CT molecular complexity index is 981. The Hall–Kier alpha value is -3.07. The monoisotopic (exact) mass is 411 g/mol. The molecule has 1 saturated heterocycles. The fourth-order valence-corrected chi connectivity index (χ4v) is 3.24. The van der Waals surface area contributed by atoms with Gasteiger partial charge in [-0.1, -0.05) is 17.7 Å². The van der Waals surface area contributed by atoms with Gasteiger partial charge in [-0.25, -0.2) is 18.0 Å². The maximum atomic E-state index is 13.3. The SMILES string of the molecule is CC1(c2ccc(F)cc2Cl)NC(=O)N(CC(=O)Nc2cc(F)cc(F)c2)C1=O. The van der Waals surface area contributed by atoms with E-state index in [0.717, 1.165) is 24.3 Å². The van der Waals surface area contributed by atoms with Crippen molar-refractivity contribution in [1.29, 1.82) is 0 Å². The lowest BCUT2D eigenvalue weighted by Gasteiger charge is -2.23. The molecule has 10 heteroatoms. The van der Waals surface area contributed by atoms with Crippen LogP contribution in [0.25, 0.3) is 0 Å². The standard InChI is InChI=1S/C18H13ClF3N3O3/c1-18(13-3-2-9(20)7-14(13)19)16(27)25(17(28)24-18)8-15(26)23-12-5-10(21)4-11(22)6-12/h2-7H,8H2,1H3,(H,23,26)(H,24,28). The lowest BCUT2D eigenvalue weighted by molar-refractivity contribution is -0.133. The third-order valence-electron chi connectivity index (χ3n) is 4.19. The minimum atomic E-state index is -1.60. The van der Waals surface area contributed by atoms with Gasteiger partial charge in [0.25, 0.3) is 5.91 Å². The summed E-state index contributed by atoms with van der Waals surface area (Å²) in [7, 11) is 0. The number of imide groups is 1. The largest absolute Gasteiger partial charge is 0.325 e. The Balaban J connectivity index is 1.79. The van der Waals surface area contributed by atoms with Gasteiger partial charge in [0.05, 0.1) is 0 Å². The van der Waals surface area contributed by atoms with E-state index in [1.807, 2.05) is 0 Å². The van der Waals surface area contributed by atoms with Crippen LogP contribution in [0, 0.1) is 17.5 Å². The summed E-state index contributed by atoms with van der Waals surface area (Å²) in [4.78, 5) is 37.8. The number of urea groups is 1. The van der Waals surface area contributed by atoms with Crippen molar-refractivity contribution in [1.82, 2.24) is 10.2 Å². The zero-order valence-electron chi connectivity index (χ0n) is 14.4. The number of rotatable bonds is 4. The van der Waals surface area contributed by atoms with E-state index >= 15 is 0 Å². The van der Waals surface area contributed by atoms with Crippen LogP contribution >= 0.6 is 11.6 Å². The first-order chi connectivity index (χ1) is 13.1. The first kappa shape index (κ1) is 19.7. The average Bonchev–Trinajstić information content (AvgIpc) is 2.77. The summed E-state index contributed by atoms with van der Waals surface area (Å²) < 4.78 is 39.7. The van der Waals surface area contributed by atoms with E-state index < -0.39 is 47.4 Å². The third kappa shape index (κ3) is 3.65. The highest BCUT2D eigenvalue weighted by Gasteiger charge is 2.50. The molecule has 2 N–H and O–H groups in total. The van der Waals surface area contributed by atoms with Gasteiger partial charge in [-0.15, -0.1) is 0 Å². The summed E-state index contributed by atoms with van der Waals surface area (Å²) in [5.74, 6) is -4.05. The second-order valence-electron chi connectivity index (χ2n) is 6.28. The van der Waals surface area contributed by atoms with Gasteiger partial charge in [0.15, 0.2) is 0 Å². The Kier molecular flexibility index (Phi) is 5.03. The van der Waals surface area contributed by atoms with Crippen LogP contribution in [0.4, 0.5) is 23.7 Å². The Morgan fingerprint density at radius 3 is 2.36 bits per heavy atom. The second-order valence-corrected chi connectivity index (χ2v) is 6.68. The number of halogens is 4. The average molecular weight is 412 g/mol. The first-order valence-corrected chi connectivity index (χ1v) is 8.33. The second kappa shape index (κ2) is 7.16. The molecule has 1 atom stereocenters. The number of nitrogens with one attached hydrogen (secondary N) is 2. The van der Waals surface area contributed by atoms with Crippen molar-refractivity contribution >= 4 is 35.1 Å². The summed E-state index contributed by atoms with van der Waals surface area (Å²) >= 11 is 5.99. The van der Waals surface area contributed by atoms with Gasteiger partial charge in [-0.05, 0) is 31.2 Å². The number of benzene rings is 2. The number of carbonyl (C=O) groups excluding carboxylic acids is 3. The van der Waals surface area contributed by atoms with E-state index in [1.165, 1.54) is 13.0 Å². The van der Waals surface area contributed by atoms with Crippen LogP contribution in [0.15, 0.2) is 36.4 Å². The molecule has 1 fully saturated rings. The van der Waals surface area contributed by atoms with Crippen molar-refractivity contribution < 1.29 is 27.6 Å². The van der Waals surface area contributed by atoms with E-state index in [1.54, 1.807) is 0 Å². The maximum absolute atomic E-state index is 13.3. The van der Waals surface area contributed by atoms with Crippen molar-refractivity contribution in [2.24, 2.45) is 0 Å². The van der Waals surface area contributed by atoms with Crippen LogP contribution in [-0.4, -0.2) is 29.3 Å². The Morgan fingerprint density at radius 1 is 1.11 bits per heavy atom. The first-order valence-electron chi connectivity index (χ1n) is 7.96. The van der Waals surface area contributed by atoms with Gasteiger partial charge in [0.1, 0.15) is 29.5 Å². The van der Waals surface area contributed by atoms with E-state index in [9.17, 15) is 27.6 Å².